The Labute approximate surface area is 132 Å². The van der Waals surface area contributed by atoms with Crippen LogP contribution in [0.15, 0.2) is 48.7 Å². The van der Waals surface area contributed by atoms with Crippen LogP contribution in [-0.2, 0) is 25.5 Å². The summed E-state index contributed by atoms with van der Waals surface area (Å²) in [6, 6.07) is 18.2. The summed E-state index contributed by atoms with van der Waals surface area (Å²) in [5.41, 5.74) is 5.08. The van der Waals surface area contributed by atoms with Crippen LogP contribution in [0.3, 0.4) is 0 Å². The van der Waals surface area contributed by atoms with Crippen molar-refractivity contribution in [3.8, 4) is 11.3 Å². The molecule has 0 N–H and O–H groups in total. The fraction of sp³-hybridized carbons (Fsp3) is 0.167. The van der Waals surface area contributed by atoms with E-state index < -0.39 is 0 Å². The number of nitrogens with zero attached hydrogens (tertiary/aromatic N) is 1. The number of benzene rings is 2. The van der Waals surface area contributed by atoms with Crippen molar-refractivity contribution in [2.75, 3.05) is 0 Å². The SMILES string of the molecule is CC1(C)c2cccnc2-c2c1ccc1ccc[c-]c21.[Ir]. The number of rotatable bonds is 0. The van der Waals surface area contributed by atoms with Crippen LogP contribution in [0.4, 0.5) is 0 Å². The molecule has 1 aliphatic carbocycles. The van der Waals surface area contributed by atoms with Crippen LogP contribution in [0.25, 0.3) is 22.0 Å². The van der Waals surface area contributed by atoms with E-state index >= 15 is 0 Å². The van der Waals surface area contributed by atoms with Crippen LogP contribution in [0.2, 0.25) is 0 Å². The van der Waals surface area contributed by atoms with E-state index in [1.54, 1.807) is 0 Å². The molecule has 1 aromatic heterocycles. The maximum absolute atomic E-state index is 4.63. The molecular weight excluding hydrogens is 422 g/mol. The molecule has 20 heavy (non-hydrogen) atoms. The summed E-state index contributed by atoms with van der Waals surface area (Å²) < 4.78 is 0. The quantitative estimate of drug-likeness (QED) is 0.478. The fourth-order valence-electron chi connectivity index (χ4n) is 3.22. The van der Waals surface area contributed by atoms with Gasteiger partial charge in [-0.05, 0) is 11.6 Å². The molecule has 0 aliphatic heterocycles. The van der Waals surface area contributed by atoms with E-state index in [2.05, 4.69) is 49.2 Å². The Bertz CT molecular complexity index is 805. The van der Waals surface area contributed by atoms with Crippen molar-refractivity contribution in [2.24, 2.45) is 0 Å². The third kappa shape index (κ3) is 1.62. The molecule has 1 aliphatic rings. The molecule has 4 rings (SSSR count). The second kappa shape index (κ2) is 4.51. The topological polar surface area (TPSA) is 12.9 Å². The van der Waals surface area contributed by atoms with Gasteiger partial charge in [-0.25, -0.2) is 0 Å². The summed E-state index contributed by atoms with van der Waals surface area (Å²) >= 11 is 0. The van der Waals surface area contributed by atoms with E-state index in [4.69, 9.17) is 0 Å². The molecule has 0 bridgehead atoms. The Morgan fingerprint density at radius 2 is 1.85 bits per heavy atom. The van der Waals surface area contributed by atoms with Gasteiger partial charge in [0.1, 0.15) is 0 Å². The van der Waals surface area contributed by atoms with Gasteiger partial charge >= 0.3 is 0 Å². The summed E-state index contributed by atoms with van der Waals surface area (Å²) in [5, 5.41) is 2.42. The van der Waals surface area contributed by atoms with Crippen molar-refractivity contribution in [1.29, 1.82) is 0 Å². The van der Waals surface area contributed by atoms with E-state index in [1.165, 1.54) is 27.5 Å². The van der Waals surface area contributed by atoms with Crippen LogP contribution < -0.4 is 0 Å². The van der Waals surface area contributed by atoms with Gasteiger partial charge in [0.05, 0.1) is 0 Å². The van der Waals surface area contributed by atoms with Crippen molar-refractivity contribution in [1.82, 2.24) is 4.98 Å². The largest absolute Gasteiger partial charge is 0.266 e. The predicted molar refractivity (Wildman–Crippen MR) is 78.1 cm³/mol. The van der Waals surface area contributed by atoms with Crippen molar-refractivity contribution in [3.05, 3.63) is 65.9 Å². The predicted octanol–water partition coefficient (Wildman–Crippen LogP) is 4.34. The number of hydrogen-bond donors (Lipinski definition) is 0. The number of aromatic nitrogens is 1. The normalized spacial score (nSPS) is 14.5. The first-order chi connectivity index (χ1) is 9.19. The summed E-state index contributed by atoms with van der Waals surface area (Å²) in [4.78, 5) is 4.63. The van der Waals surface area contributed by atoms with Crippen LogP contribution in [0.5, 0.6) is 0 Å². The molecule has 0 saturated heterocycles. The van der Waals surface area contributed by atoms with Gasteiger partial charge in [-0.1, -0.05) is 43.2 Å². The van der Waals surface area contributed by atoms with Crippen molar-refractivity contribution < 1.29 is 20.1 Å². The smallest absolute Gasteiger partial charge is 0.0338 e. The molecule has 0 amide bonds. The Morgan fingerprint density at radius 1 is 1.00 bits per heavy atom. The second-order valence-corrected chi connectivity index (χ2v) is 5.65. The molecule has 0 fully saturated rings. The first-order valence-electron chi connectivity index (χ1n) is 6.59. The maximum atomic E-state index is 4.63. The summed E-state index contributed by atoms with van der Waals surface area (Å²) in [6.07, 6.45) is 1.88. The second-order valence-electron chi connectivity index (χ2n) is 5.65. The first kappa shape index (κ1) is 13.5. The Morgan fingerprint density at radius 3 is 2.70 bits per heavy atom. The molecule has 0 saturated carbocycles. The van der Waals surface area contributed by atoms with E-state index in [0.717, 1.165) is 5.69 Å². The van der Waals surface area contributed by atoms with Crippen LogP contribution in [-0.4, -0.2) is 4.98 Å². The standard InChI is InChI=1S/C18H14N.Ir/c1-18(2)14-10-9-12-6-3-4-7-13(12)16(14)17-15(18)8-5-11-19-17;/h3-6,8-11H,1-2H3;/q-1;. The van der Waals surface area contributed by atoms with Crippen molar-refractivity contribution in [3.63, 3.8) is 0 Å². The van der Waals surface area contributed by atoms with Gasteiger partial charge in [-0.2, -0.15) is 0 Å². The number of fused-ring (bicyclic) bond motifs is 5. The average Bonchev–Trinajstić information content (AvgIpc) is 2.68. The number of pyridine rings is 1. The van der Waals surface area contributed by atoms with Gasteiger partial charge in [0, 0.05) is 37.4 Å². The molecule has 1 radical (unpaired) electrons. The van der Waals surface area contributed by atoms with E-state index in [9.17, 15) is 0 Å². The maximum Gasteiger partial charge on any atom is 0.0338 e. The third-order valence-corrected chi connectivity index (χ3v) is 4.23. The Balaban J connectivity index is 0.00000121. The van der Waals surface area contributed by atoms with E-state index in [-0.39, 0.29) is 25.5 Å². The molecule has 0 spiro atoms. The monoisotopic (exact) mass is 437 g/mol. The average molecular weight is 437 g/mol. The molecule has 1 nitrogen and oxygen atoms in total. The molecule has 0 atom stereocenters. The zero-order valence-electron chi connectivity index (χ0n) is 11.4. The Hall–Kier alpha value is -1.50. The van der Waals surface area contributed by atoms with Crippen molar-refractivity contribution >= 4 is 10.8 Å². The van der Waals surface area contributed by atoms with E-state index in [1.807, 2.05) is 24.4 Å². The van der Waals surface area contributed by atoms with Crippen LogP contribution >= 0.6 is 0 Å². The van der Waals surface area contributed by atoms with Gasteiger partial charge in [-0.3, -0.25) is 4.98 Å². The van der Waals surface area contributed by atoms with E-state index in [0.29, 0.717) is 0 Å². The van der Waals surface area contributed by atoms with Crippen molar-refractivity contribution in [2.45, 2.75) is 19.3 Å². The van der Waals surface area contributed by atoms with Gasteiger partial charge in [0.25, 0.3) is 0 Å². The molecule has 0 unspecified atom stereocenters. The van der Waals surface area contributed by atoms with Gasteiger partial charge in [0.15, 0.2) is 0 Å². The third-order valence-electron chi connectivity index (χ3n) is 4.23. The molecular formula is C18H14IrN-. The Kier molecular flexibility index (Phi) is 3.04. The van der Waals surface area contributed by atoms with Gasteiger partial charge in [-0.15, -0.1) is 35.0 Å². The summed E-state index contributed by atoms with van der Waals surface area (Å²) in [7, 11) is 0. The van der Waals surface area contributed by atoms with Crippen LogP contribution in [0.1, 0.15) is 25.0 Å². The zero-order valence-corrected chi connectivity index (χ0v) is 13.8. The first-order valence-corrected chi connectivity index (χ1v) is 6.59. The zero-order chi connectivity index (χ0) is 13.0. The molecule has 2 heteroatoms. The molecule has 1 heterocycles. The molecule has 101 valence electrons. The molecule has 2 aromatic carbocycles. The summed E-state index contributed by atoms with van der Waals surface area (Å²) in [5.74, 6) is 0. The number of hydrogen-bond acceptors (Lipinski definition) is 1. The molecule has 3 aromatic rings. The minimum atomic E-state index is 0. The summed E-state index contributed by atoms with van der Waals surface area (Å²) in [6.45, 7) is 4.54. The van der Waals surface area contributed by atoms with Gasteiger partial charge < -0.3 is 0 Å². The van der Waals surface area contributed by atoms with Gasteiger partial charge in [0.2, 0.25) is 0 Å². The fourth-order valence-corrected chi connectivity index (χ4v) is 3.22. The van der Waals surface area contributed by atoms with Crippen LogP contribution in [0, 0.1) is 6.07 Å². The minimum Gasteiger partial charge on any atom is -0.266 e. The minimum absolute atomic E-state index is 0.